The molecule has 4 unspecified atom stereocenters. The summed E-state index contributed by atoms with van der Waals surface area (Å²) >= 11 is 0. The van der Waals surface area contributed by atoms with Crippen molar-refractivity contribution in [3.63, 3.8) is 0 Å². The zero-order valence-corrected chi connectivity index (χ0v) is 11.6. The van der Waals surface area contributed by atoms with Gasteiger partial charge in [-0.15, -0.1) is 0 Å². The Morgan fingerprint density at radius 1 is 1.45 bits per heavy atom. The predicted molar refractivity (Wildman–Crippen MR) is 75.6 cm³/mol. The molecule has 0 bridgehead atoms. The molecule has 2 aliphatic heterocycles. The molecule has 3 rings (SSSR count). The largest absolute Gasteiger partial charge is 0.347 e. The highest BCUT2D eigenvalue weighted by Crippen LogP contribution is 2.20. The van der Waals surface area contributed by atoms with Crippen LogP contribution in [-0.2, 0) is 4.79 Å². The van der Waals surface area contributed by atoms with Crippen LogP contribution in [0.3, 0.4) is 0 Å². The molecule has 2 aliphatic rings. The van der Waals surface area contributed by atoms with Crippen molar-refractivity contribution in [2.75, 3.05) is 13.1 Å². The average Bonchev–Trinajstić information content (AvgIpc) is 2.92. The van der Waals surface area contributed by atoms with E-state index in [2.05, 4.69) is 26.5 Å². The third-order valence-corrected chi connectivity index (χ3v) is 4.15. The van der Waals surface area contributed by atoms with Gasteiger partial charge in [-0.1, -0.05) is 6.07 Å². The van der Waals surface area contributed by atoms with E-state index in [4.69, 9.17) is 0 Å². The van der Waals surface area contributed by atoms with Gasteiger partial charge in [0.25, 0.3) is 0 Å². The van der Waals surface area contributed by atoms with Gasteiger partial charge >= 0.3 is 0 Å². The van der Waals surface area contributed by atoms with Gasteiger partial charge in [-0.3, -0.25) is 15.2 Å². The highest BCUT2D eigenvalue weighted by atomic mass is 16.2. The number of nitrogens with one attached hydrogen (secondary N) is 4. The molecule has 0 saturated carbocycles. The number of rotatable bonds is 3. The monoisotopic (exact) mass is 275 g/mol. The van der Waals surface area contributed by atoms with Crippen LogP contribution < -0.4 is 21.5 Å². The van der Waals surface area contributed by atoms with Crippen molar-refractivity contribution in [2.24, 2.45) is 5.92 Å². The van der Waals surface area contributed by atoms with Gasteiger partial charge in [0.1, 0.15) is 6.04 Å². The molecule has 4 atom stereocenters. The van der Waals surface area contributed by atoms with Crippen LogP contribution in [-0.4, -0.2) is 36.1 Å². The lowest BCUT2D eigenvalue weighted by Crippen LogP contribution is -2.49. The third kappa shape index (κ3) is 2.67. The normalized spacial score (nSPS) is 30.6. The summed E-state index contributed by atoms with van der Waals surface area (Å²) in [4.78, 5) is 16.7. The molecule has 3 heterocycles. The number of nitrogens with zero attached hydrogens (tertiary/aromatic N) is 1. The summed E-state index contributed by atoms with van der Waals surface area (Å²) in [6.07, 6.45) is 2.80. The standard InChI is InChI=1S/C14H21N5O/c1-9(11-4-2-3-6-16-11)17-14(20)13-10-8-15-7-5-12(10)18-19-13/h2-4,6,9-10,12-13,15,18-19H,5,7-8H2,1H3,(H,17,20). The molecular formula is C14H21N5O. The first-order valence-electron chi connectivity index (χ1n) is 7.19. The van der Waals surface area contributed by atoms with Gasteiger partial charge in [0, 0.05) is 24.7 Å². The Morgan fingerprint density at radius 2 is 2.35 bits per heavy atom. The van der Waals surface area contributed by atoms with Gasteiger partial charge in [-0.2, -0.15) is 0 Å². The van der Waals surface area contributed by atoms with Gasteiger partial charge in [0.15, 0.2) is 0 Å². The molecule has 2 fully saturated rings. The Bertz CT molecular complexity index is 466. The van der Waals surface area contributed by atoms with E-state index in [0.29, 0.717) is 12.0 Å². The van der Waals surface area contributed by atoms with E-state index in [9.17, 15) is 4.79 Å². The van der Waals surface area contributed by atoms with E-state index in [1.165, 1.54) is 0 Å². The van der Waals surface area contributed by atoms with E-state index in [0.717, 1.165) is 25.2 Å². The molecule has 108 valence electrons. The molecule has 1 aromatic rings. The average molecular weight is 275 g/mol. The first-order valence-corrected chi connectivity index (χ1v) is 7.19. The number of piperidine rings is 1. The minimum atomic E-state index is -0.182. The predicted octanol–water partition coefficient (Wildman–Crippen LogP) is -0.287. The summed E-state index contributed by atoms with van der Waals surface area (Å²) in [7, 11) is 0. The molecule has 2 saturated heterocycles. The van der Waals surface area contributed by atoms with Gasteiger partial charge in [0.05, 0.1) is 11.7 Å². The molecule has 20 heavy (non-hydrogen) atoms. The van der Waals surface area contributed by atoms with E-state index >= 15 is 0 Å². The van der Waals surface area contributed by atoms with E-state index in [1.54, 1.807) is 6.20 Å². The second-order valence-corrected chi connectivity index (χ2v) is 5.51. The highest BCUT2D eigenvalue weighted by Gasteiger charge is 2.41. The van der Waals surface area contributed by atoms with Crippen molar-refractivity contribution < 1.29 is 4.79 Å². The van der Waals surface area contributed by atoms with Gasteiger partial charge in [0.2, 0.25) is 5.91 Å². The topological polar surface area (TPSA) is 78.1 Å². The summed E-state index contributed by atoms with van der Waals surface area (Å²) < 4.78 is 0. The Hall–Kier alpha value is -1.50. The van der Waals surface area contributed by atoms with Crippen LogP contribution >= 0.6 is 0 Å². The summed E-state index contributed by atoms with van der Waals surface area (Å²) in [5, 5.41) is 6.39. The zero-order valence-electron chi connectivity index (χ0n) is 11.6. The van der Waals surface area contributed by atoms with E-state index in [1.807, 2.05) is 25.1 Å². The minimum Gasteiger partial charge on any atom is -0.347 e. The Balaban J connectivity index is 1.62. The smallest absolute Gasteiger partial charge is 0.239 e. The van der Waals surface area contributed by atoms with Crippen LogP contribution in [0.2, 0.25) is 0 Å². The SMILES string of the molecule is CC(NC(=O)C1NNC2CCNCC21)c1ccccn1. The van der Waals surface area contributed by atoms with Crippen LogP contribution in [0, 0.1) is 5.92 Å². The first kappa shape index (κ1) is 13.5. The lowest BCUT2D eigenvalue weighted by molar-refractivity contribution is -0.124. The molecule has 4 N–H and O–H groups in total. The lowest BCUT2D eigenvalue weighted by atomic mass is 9.89. The van der Waals surface area contributed by atoms with Crippen molar-refractivity contribution in [1.82, 2.24) is 26.5 Å². The number of fused-ring (bicyclic) bond motifs is 1. The van der Waals surface area contributed by atoms with E-state index < -0.39 is 0 Å². The molecule has 0 aliphatic carbocycles. The molecule has 6 heteroatoms. The number of hydrogen-bond donors (Lipinski definition) is 4. The molecule has 6 nitrogen and oxygen atoms in total. The molecular weight excluding hydrogens is 254 g/mol. The molecule has 1 amide bonds. The lowest BCUT2D eigenvalue weighted by Gasteiger charge is -2.28. The summed E-state index contributed by atoms with van der Waals surface area (Å²) in [6, 6.07) is 5.86. The minimum absolute atomic E-state index is 0.0341. The number of carbonyl (C=O) groups is 1. The maximum atomic E-state index is 12.4. The summed E-state index contributed by atoms with van der Waals surface area (Å²) in [6.45, 7) is 3.84. The fourth-order valence-corrected chi connectivity index (χ4v) is 2.99. The number of hydrogen-bond acceptors (Lipinski definition) is 5. The quantitative estimate of drug-likeness (QED) is 0.610. The fourth-order valence-electron chi connectivity index (χ4n) is 2.99. The van der Waals surface area contributed by atoms with Crippen molar-refractivity contribution in [3.05, 3.63) is 30.1 Å². The van der Waals surface area contributed by atoms with Crippen LogP contribution in [0.4, 0.5) is 0 Å². The molecule has 1 aromatic heterocycles. The Kier molecular flexibility index (Phi) is 3.95. The van der Waals surface area contributed by atoms with Gasteiger partial charge in [-0.05, 0) is 32.0 Å². The Labute approximate surface area is 118 Å². The number of aromatic nitrogens is 1. The maximum absolute atomic E-state index is 12.4. The van der Waals surface area contributed by atoms with Crippen LogP contribution in [0.1, 0.15) is 25.1 Å². The Morgan fingerprint density at radius 3 is 3.15 bits per heavy atom. The molecule has 0 aromatic carbocycles. The summed E-state index contributed by atoms with van der Waals surface area (Å²) in [5.41, 5.74) is 7.25. The number of hydrazine groups is 1. The maximum Gasteiger partial charge on any atom is 0.239 e. The fraction of sp³-hybridized carbons (Fsp3) is 0.571. The molecule has 0 spiro atoms. The van der Waals surface area contributed by atoms with E-state index in [-0.39, 0.29) is 18.0 Å². The number of carbonyl (C=O) groups excluding carboxylic acids is 1. The van der Waals surface area contributed by atoms with Gasteiger partial charge < -0.3 is 10.6 Å². The second-order valence-electron chi connectivity index (χ2n) is 5.51. The van der Waals surface area contributed by atoms with Crippen molar-refractivity contribution in [2.45, 2.75) is 31.5 Å². The summed E-state index contributed by atoms with van der Waals surface area (Å²) in [5.74, 6) is 0.339. The van der Waals surface area contributed by atoms with Crippen molar-refractivity contribution in [1.29, 1.82) is 0 Å². The van der Waals surface area contributed by atoms with Crippen molar-refractivity contribution >= 4 is 5.91 Å². The third-order valence-electron chi connectivity index (χ3n) is 4.15. The first-order chi connectivity index (χ1) is 9.75. The van der Waals surface area contributed by atoms with Crippen LogP contribution in [0.25, 0.3) is 0 Å². The number of pyridine rings is 1. The van der Waals surface area contributed by atoms with Crippen LogP contribution in [0.5, 0.6) is 0 Å². The van der Waals surface area contributed by atoms with Crippen molar-refractivity contribution in [3.8, 4) is 0 Å². The highest BCUT2D eigenvalue weighted by molar-refractivity contribution is 5.83. The van der Waals surface area contributed by atoms with Crippen LogP contribution in [0.15, 0.2) is 24.4 Å². The van der Waals surface area contributed by atoms with Gasteiger partial charge in [-0.25, -0.2) is 5.43 Å². The number of amides is 1. The second kappa shape index (κ2) is 5.87. The molecule has 0 radical (unpaired) electrons. The zero-order chi connectivity index (χ0) is 13.9.